The van der Waals surface area contributed by atoms with E-state index >= 15 is 0 Å². The van der Waals surface area contributed by atoms with Crippen LogP contribution in [-0.4, -0.2) is 40.1 Å². The molecule has 0 bridgehead atoms. The molecule has 1 amide bonds. The van der Waals surface area contributed by atoms with Gasteiger partial charge in [0.15, 0.2) is 11.0 Å². The fourth-order valence-electron chi connectivity index (χ4n) is 2.43. The Hall–Kier alpha value is -3.24. The highest BCUT2D eigenvalue weighted by molar-refractivity contribution is 7.99. The summed E-state index contributed by atoms with van der Waals surface area (Å²) in [6, 6.07) is 17.4. The van der Waals surface area contributed by atoms with Crippen LogP contribution >= 0.6 is 11.8 Å². The van der Waals surface area contributed by atoms with Crippen LogP contribution < -0.4 is 10.1 Å². The molecule has 0 aliphatic heterocycles. The Bertz CT molecular complexity index is 946. The second-order valence-corrected chi connectivity index (χ2v) is 6.42. The summed E-state index contributed by atoms with van der Waals surface area (Å²) in [7, 11) is 1.62. The van der Waals surface area contributed by atoms with Gasteiger partial charge in [-0.1, -0.05) is 48.0 Å². The summed E-state index contributed by atoms with van der Waals surface area (Å²) in [5.74, 6) is 3.90. The Balaban J connectivity index is 1.94. The predicted molar refractivity (Wildman–Crippen MR) is 106 cm³/mol. The van der Waals surface area contributed by atoms with Crippen molar-refractivity contribution in [1.29, 1.82) is 0 Å². The van der Waals surface area contributed by atoms with Gasteiger partial charge >= 0.3 is 0 Å². The molecule has 6 nitrogen and oxygen atoms in total. The van der Waals surface area contributed by atoms with Crippen LogP contribution in [0.15, 0.2) is 59.8 Å². The minimum Gasteiger partial charge on any atom is -0.497 e. The zero-order chi connectivity index (χ0) is 19.1. The van der Waals surface area contributed by atoms with E-state index < -0.39 is 0 Å². The molecular formula is C20H18N4O2S. The Morgan fingerprint density at radius 1 is 1.19 bits per heavy atom. The number of amides is 1. The molecule has 1 N–H and O–H groups in total. The molecule has 0 aliphatic rings. The molecule has 0 saturated heterocycles. The molecule has 7 heteroatoms. The van der Waals surface area contributed by atoms with E-state index in [2.05, 4.69) is 21.4 Å². The lowest BCUT2D eigenvalue weighted by molar-refractivity contribution is -0.118. The molecule has 0 atom stereocenters. The van der Waals surface area contributed by atoms with Gasteiger partial charge in [-0.3, -0.25) is 9.36 Å². The third-order valence-corrected chi connectivity index (χ3v) is 4.64. The summed E-state index contributed by atoms with van der Waals surface area (Å²) < 4.78 is 7.16. The second kappa shape index (κ2) is 8.92. The van der Waals surface area contributed by atoms with Crippen LogP contribution in [-0.2, 0) is 4.79 Å². The van der Waals surface area contributed by atoms with E-state index in [-0.39, 0.29) is 18.2 Å². The van der Waals surface area contributed by atoms with Gasteiger partial charge in [-0.15, -0.1) is 16.6 Å². The van der Waals surface area contributed by atoms with Crippen molar-refractivity contribution in [2.24, 2.45) is 0 Å². The molecule has 0 saturated carbocycles. The third-order valence-electron chi connectivity index (χ3n) is 3.72. The number of benzene rings is 2. The van der Waals surface area contributed by atoms with Crippen LogP contribution in [0.3, 0.4) is 0 Å². The van der Waals surface area contributed by atoms with Crippen molar-refractivity contribution in [2.45, 2.75) is 5.16 Å². The topological polar surface area (TPSA) is 69.0 Å². The van der Waals surface area contributed by atoms with Crippen LogP contribution in [0.5, 0.6) is 5.75 Å². The first-order valence-corrected chi connectivity index (χ1v) is 9.19. The van der Waals surface area contributed by atoms with Gasteiger partial charge in [-0.05, 0) is 24.3 Å². The molecule has 1 heterocycles. The summed E-state index contributed by atoms with van der Waals surface area (Å²) in [6.07, 6.45) is 5.17. The molecule has 0 unspecified atom stereocenters. The Morgan fingerprint density at radius 3 is 2.59 bits per heavy atom. The molecular weight excluding hydrogens is 360 g/mol. The minimum absolute atomic E-state index is 0.150. The van der Waals surface area contributed by atoms with Crippen LogP contribution in [0.2, 0.25) is 0 Å². The molecule has 3 rings (SSSR count). The highest BCUT2D eigenvalue weighted by Crippen LogP contribution is 2.28. The largest absolute Gasteiger partial charge is 0.497 e. The zero-order valence-electron chi connectivity index (χ0n) is 14.8. The van der Waals surface area contributed by atoms with Crippen molar-refractivity contribution >= 4 is 17.7 Å². The number of terminal acetylenes is 1. The summed E-state index contributed by atoms with van der Waals surface area (Å²) in [4.78, 5) is 11.9. The number of methoxy groups -OCH3 is 1. The van der Waals surface area contributed by atoms with Gasteiger partial charge in [0.25, 0.3) is 0 Å². The Labute approximate surface area is 162 Å². The van der Waals surface area contributed by atoms with Crippen molar-refractivity contribution in [2.75, 3.05) is 19.4 Å². The number of hydrogen-bond donors (Lipinski definition) is 1. The first kappa shape index (κ1) is 18.5. The molecule has 27 heavy (non-hydrogen) atoms. The van der Waals surface area contributed by atoms with Crippen LogP contribution in [0.25, 0.3) is 17.1 Å². The maximum absolute atomic E-state index is 11.9. The molecule has 0 radical (unpaired) electrons. The predicted octanol–water partition coefficient (Wildman–Crippen LogP) is 2.78. The quantitative estimate of drug-likeness (QED) is 0.506. The summed E-state index contributed by atoms with van der Waals surface area (Å²) in [6.45, 7) is 0.208. The average molecular weight is 378 g/mol. The van der Waals surface area contributed by atoms with Crippen LogP contribution in [0.1, 0.15) is 0 Å². The van der Waals surface area contributed by atoms with Crippen molar-refractivity contribution in [3.05, 3.63) is 54.6 Å². The Kier molecular flexibility index (Phi) is 6.13. The van der Waals surface area contributed by atoms with E-state index in [0.29, 0.717) is 11.0 Å². The van der Waals surface area contributed by atoms with Gasteiger partial charge in [0.05, 0.1) is 19.4 Å². The molecule has 0 spiro atoms. The lowest BCUT2D eigenvalue weighted by atomic mass is 10.2. The minimum atomic E-state index is -0.150. The molecule has 136 valence electrons. The molecule has 0 aliphatic carbocycles. The fourth-order valence-corrected chi connectivity index (χ4v) is 3.21. The van der Waals surface area contributed by atoms with E-state index in [1.54, 1.807) is 7.11 Å². The first-order valence-electron chi connectivity index (χ1n) is 8.21. The zero-order valence-corrected chi connectivity index (χ0v) is 15.6. The number of carbonyl (C=O) groups is 1. The summed E-state index contributed by atoms with van der Waals surface area (Å²) >= 11 is 1.30. The monoisotopic (exact) mass is 378 g/mol. The summed E-state index contributed by atoms with van der Waals surface area (Å²) in [5, 5.41) is 11.9. The number of thioether (sulfide) groups is 1. The molecule has 3 aromatic rings. The van der Waals surface area contributed by atoms with Crippen LogP contribution in [0.4, 0.5) is 0 Å². The number of hydrogen-bond acceptors (Lipinski definition) is 5. The van der Waals surface area contributed by atoms with Gasteiger partial charge in [0.2, 0.25) is 5.91 Å². The van der Waals surface area contributed by atoms with Crippen molar-refractivity contribution < 1.29 is 9.53 Å². The second-order valence-electron chi connectivity index (χ2n) is 5.48. The number of aromatic nitrogens is 3. The van der Waals surface area contributed by atoms with Crippen molar-refractivity contribution in [1.82, 2.24) is 20.1 Å². The normalized spacial score (nSPS) is 10.2. The van der Waals surface area contributed by atoms with Crippen LogP contribution in [0, 0.1) is 12.3 Å². The molecule has 1 aromatic heterocycles. The van der Waals surface area contributed by atoms with E-state index in [0.717, 1.165) is 17.0 Å². The molecule has 2 aromatic carbocycles. The number of nitrogens with one attached hydrogen (secondary N) is 1. The van der Waals surface area contributed by atoms with Gasteiger partial charge in [0.1, 0.15) is 5.75 Å². The van der Waals surface area contributed by atoms with Crippen molar-refractivity contribution in [3.8, 4) is 35.2 Å². The summed E-state index contributed by atoms with van der Waals surface area (Å²) in [5.41, 5.74) is 1.82. The number of rotatable bonds is 7. The highest BCUT2D eigenvalue weighted by atomic mass is 32.2. The van der Waals surface area contributed by atoms with E-state index in [9.17, 15) is 4.79 Å². The average Bonchev–Trinajstić information content (AvgIpc) is 3.15. The van der Waals surface area contributed by atoms with E-state index in [4.69, 9.17) is 11.2 Å². The lowest BCUT2D eigenvalue weighted by Gasteiger charge is -2.11. The first-order chi connectivity index (χ1) is 13.2. The smallest absolute Gasteiger partial charge is 0.231 e. The third kappa shape index (κ3) is 4.49. The van der Waals surface area contributed by atoms with Gasteiger partial charge in [0, 0.05) is 11.3 Å². The van der Waals surface area contributed by atoms with Gasteiger partial charge in [-0.25, -0.2) is 0 Å². The Morgan fingerprint density at radius 2 is 1.93 bits per heavy atom. The lowest BCUT2D eigenvalue weighted by Crippen LogP contribution is -2.25. The standard InChI is InChI=1S/C20H18N4O2S/c1-3-13-21-18(25)14-27-20-23-22-19(15-7-5-4-6-8-15)24(20)16-9-11-17(26-2)12-10-16/h1,4-12H,13-14H2,2H3,(H,21,25). The molecule has 0 fully saturated rings. The van der Waals surface area contributed by atoms with Gasteiger partial charge < -0.3 is 10.1 Å². The van der Waals surface area contributed by atoms with E-state index in [1.165, 1.54) is 11.8 Å². The number of ether oxygens (including phenoxy) is 1. The fraction of sp³-hybridized carbons (Fsp3) is 0.150. The number of nitrogens with zero attached hydrogens (tertiary/aromatic N) is 3. The maximum Gasteiger partial charge on any atom is 0.231 e. The van der Waals surface area contributed by atoms with Crippen molar-refractivity contribution in [3.63, 3.8) is 0 Å². The number of carbonyl (C=O) groups excluding carboxylic acids is 1. The van der Waals surface area contributed by atoms with Gasteiger partial charge in [-0.2, -0.15) is 0 Å². The van der Waals surface area contributed by atoms with E-state index in [1.807, 2.05) is 59.2 Å². The maximum atomic E-state index is 11.9. The highest BCUT2D eigenvalue weighted by Gasteiger charge is 2.17. The SMILES string of the molecule is C#CCNC(=O)CSc1nnc(-c2ccccc2)n1-c1ccc(OC)cc1.